The molecule has 1 aromatic heterocycles. The summed E-state index contributed by atoms with van der Waals surface area (Å²) in [6.45, 7) is 1.87. The predicted octanol–water partition coefficient (Wildman–Crippen LogP) is 2.92. The van der Waals surface area contributed by atoms with Crippen molar-refractivity contribution in [3.63, 3.8) is 0 Å². The minimum absolute atomic E-state index is 0.196. The van der Waals surface area contributed by atoms with Crippen molar-refractivity contribution in [1.82, 2.24) is 14.9 Å². The molecule has 0 atom stereocenters. The fraction of sp³-hybridized carbons (Fsp3) is 0.389. The van der Waals surface area contributed by atoms with Crippen LogP contribution in [0.15, 0.2) is 41.1 Å². The number of aromatic nitrogens is 2. The minimum atomic E-state index is -0.421. The molecule has 138 valence electrons. The minimum Gasteiger partial charge on any atom is -0.341 e. The number of anilines is 2. The number of piperidine rings is 1. The Balaban J connectivity index is 1.48. The predicted molar refractivity (Wildman–Crippen MR) is 103 cm³/mol. The van der Waals surface area contributed by atoms with Crippen molar-refractivity contribution < 1.29 is 9.18 Å². The quantitative estimate of drug-likeness (QED) is 0.803. The van der Waals surface area contributed by atoms with Gasteiger partial charge in [0.05, 0.1) is 16.7 Å². The maximum absolute atomic E-state index is 13.6. The SMILES string of the molecule is CN(c1ncc(Br)cn1)C1CCN(CC(=O)Nc2ccccc2F)CC1. The van der Waals surface area contributed by atoms with E-state index in [9.17, 15) is 9.18 Å². The van der Waals surface area contributed by atoms with Gasteiger partial charge in [-0.15, -0.1) is 0 Å². The van der Waals surface area contributed by atoms with Crippen LogP contribution >= 0.6 is 15.9 Å². The topological polar surface area (TPSA) is 61.4 Å². The number of hydrogen-bond acceptors (Lipinski definition) is 5. The number of benzene rings is 1. The first-order valence-electron chi connectivity index (χ1n) is 8.50. The summed E-state index contributed by atoms with van der Waals surface area (Å²) >= 11 is 3.34. The fourth-order valence-corrected chi connectivity index (χ4v) is 3.28. The lowest BCUT2D eigenvalue weighted by molar-refractivity contribution is -0.117. The standard InChI is InChI=1S/C18H21BrFN5O/c1-24(18-21-10-13(19)11-22-18)14-6-8-25(9-7-14)12-17(26)23-16-5-3-2-4-15(16)20/h2-5,10-11,14H,6-9,12H2,1H3,(H,23,26). The lowest BCUT2D eigenvalue weighted by Crippen LogP contribution is -2.46. The van der Waals surface area contributed by atoms with Gasteiger partial charge in [-0.2, -0.15) is 0 Å². The number of likely N-dealkylation sites (tertiary alicyclic amines) is 1. The lowest BCUT2D eigenvalue weighted by Gasteiger charge is -2.36. The van der Waals surface area contributed by atoms with Crippen LogP contribution < -0.4 is 10.2 Å². The first kappa shape index (κ1) is 18.7. The number of nitrogens with zero attached hydrogens (tertiary/aromatic N) is 4. The summed E-state index contributed by atoms with van der Waals surface area (Å²) < 4.78 is 14.5. The van der Waals surface area contributed by atoms with Crippen LogP contribution in [0.3, 0.4) is 0 Å². The number of carbonyl (C=O) groups excluding carboxylic acids is 1. The number of rotatable bonds is 5. The van der Waals surface area contributed by atoms with E-state index in [0.29, 0.717) is 12.0 Å². The first-order chi connectivity index (χ1) is 12.5. The highest BCUT2D eigenvalue weighted by atomic mass is 79.9. The molecule has 1 aromatic carbocycles. The highest BCUT2D eigenvalue weighted by molar-refractivity contribution is 9.10. The third-order valence-corrected chi connectivity index (χ3v) is 4.95. The smallest absolute Gasteiger partial charge is 0.238 e. The molecule has 1 N–H and O–H groups in total. The summed E-state index contributed by atoms with van der Waals surface area (Å²) in [6, 6.07) is 6.53. The molecule has 2 aromatic rings. The summed E-state index contributed by atoms with van der Waals surface area (Å²) in [4.78, 5) is 25.0. The van der Waals surface area contributed by atoms with Crippen LogP contribution in [0.2, 0.25) is 0 Å². The maximum Gasteiger partial charge on any atom is 0.238 e. The van der Waals surface area contributed by atoms with E-state index in [1.54, 1.807) is 30.6 Å². The van der Waals surface area contributed by atoms with Crippen molar-refractivity contribution in [3.05, 3.63) is 46.9 Å². The summed E-state index contributed by atoms with van der Waals surface area (Å²) in [5.41, 5.74) is 0.222. The molecule has 1 fully saturated rings. The maximum atomic E-state index is 13.6. The molecule has 0 unspecified atom stereocenters. The Hall–Kier alpha value is -2.06. The second-order valence-corrected chi connectivity index (χ2v) is 7.26. The zero-order valence-electron chi connectivity index (χ0n) is 14.5. The Bertz CT molecular complexity index is 750. The largest absolute Gasteiger partial charge is 0.341 e. The second-order valence-electron chi connectivity index (χ2n) is 6.35. The van der Waals surface area contributed by atoms with Crippen LogP contribution in [-0.4, -0.2) is 53.5 Å². The molecular weight excluding hydrogens is 401 g/mol. The molecule has 1 aliphatic rings. The van der Waals surface area contributed by atoms with Crippen molar-refractivity contribution in [2.75, 3.05) is 36.9 Å². The Morgan fingerprint density at radius 2 is 1.96 bits per heavy atom. The number of amides is 1. The zero-order valence-corrected chi connectivity index (χ0v) is 16.1. The molecule has 0 radical (unpaired) electrons. The molecule has 1 amide bonds. The Kier molecular flexibility index (Phi) is 6.16. The van der Waals surface area contributed by atoms with Crippen molar-refractivity contribution >= 4 is 33.5 Å². The van der Waals surface area contributed by atoms with Gasteiger partial charge in [-0.05, 0) is 40.9 Å². The molecule has 0 saturated carbocycles. The molecule has 8 heteroatoms. The van der Waals surface area contributed by atoms with Crippen LogP contribution in [0, 0.1) is 5.82 Å². The summed E-state index contributed by atoms with van der Waals surface area (Å²) in [5.74, 6) is 0.0813. The van der Waals surface area contributed by atoms with Gasteiger partial charge < -0.3 is 10.2 Å². The van der Waals surface area contributed by atoms with Crippen LogP contribution in [0.4, 0.5) is 16.0 Å². The molecule has 0 spiro atoms. The van der Waals surface area contributed by atoms with Gasteiger partial charge in [0.15, 0.2) is 0 Å². The molecular formula is C18H21BrFN5O. The van der Waals surface area contributed by atoms with E-state index in [4.69, 9.17) is 0 Å². The van der Waals surface area contributed by atoms with Crippen LogP contribution in [0.25, 0.3) is 0 Å². The lowest BCUT2D eigenvalue weighted by atomic mass is 10.0. The molecule has 0 bridgehead atoms. The normalized spacial score (nSPS) is 15.7. The average Bonchev–Trinajstić information content (AvgIpc) is 2.64. The van der Waals surface area contributed by atoms with E-state index >= 15 is 0 Å². The molecule has 3 rings (SSSR count). The van der Waals surface area contributed by atoms with E-state index in [1.807, 2.05) is 7.05 Å². The number of para-hydroxylation sites is 1. The summed E-state index contributed by atoms with van der Waals surface area (Å²) in [7, 11) is 1.99. The van der Waals surface area contributed by atoms with Crippen molar-refractivity contribution in [2.24, 2.45) is 0 Å². The zero-order chi connectivity index (χ0) is 18.5. The molecule has 1 aliphatic heterocycles. The number of hydrogen-bond donors (Lipinski definition) is 1. The Morgan fingerprint density at radius 3 is 2.62 bits per heavy atom. The average molecular weight is 422 g/mol. The van der Waals surface area contributed by atoms with Gasteiger partial charge >= 0.3 is 0 Å². The van der Waals surface area contributed by atoms with E-state index in [0.717, 1.165) is 30.4 Å². The summed E-state index contributed by atoms with van der Waals surface area (Å²) in [5, 5.41) is 2.63. The molecule has 0 aliphatic carbocycles. The fourth-order valence-electron chi connectivity index (χ4n) is 3.07. The first-order valence-corrected chi connectivity index (χ1v) is 9.29. The molecule has 26 heavy (non-hydrogen) atoms. The number of nitrogens with one attached hydrogen (secondary N) is 1. The highest BCUT2D eigenvalue weighted by Gasteiger charge is 2.25. The van der Waals surface area contributed by atoms with Gasteiger partial charge in [0.25, 0.3) is 0 Å². The van der Waals surface area contributed by atoms with Crippen molar-refractivity contribution in [2.45, 2.75) is 18.9 Å². The Morgan fingerprint density at radius 1 is 1.31 bits per heavy atom. The van der Waals surface area contributed by atoms with Crippen LogP contribution in [-0.2, 0) is 4.79 Å². The molecule has 1 saturated heterocycles. The Labute approximate surface area is 160 Å². The van der Waals surface area contributed by atoms with Crippen LogP contribution in [0.1, 0.15) is 12.8 Å². The monoisotopic (exact) mass is 421 g/mol. The van der Waals surface area contributed by atoms with Crippen molar-refractivity contribution in [1.29, 1.82) is 0 Å². The van der Waals surface area contributed by atoms with E-state index in [2.05, 4.69) is 41.0 Å². The van der Waals surface area contributed by atoms with Gasteiger partial charge in [0.2, 0.25) is 11.9 Å². The van der Waals surface area contributed by atoms with Gasteiger partial charge in [-0.1, -0.05) is 12.1 Å². The number of carbonyl (C=O) groups is 1. The van der Waals surface area contributed by atoms with E-state index < -0.39 is 5.82 Å². The van der Waals surface area contributed by atoms with Crippen LogP contribution in [0.5, 0.6) is 0 Å². The third-order valence-electron chi connectivity index (χ3n) is 4.54. The third kappa shape index (κ3) is 4.76. The highest BCUT2D eigenvalue weighted by Crippen LogP contribution is 2.20. The number of halogens is 2. The summed E-state index contributed by atoms with van der Waals surface area (Å²) in [6.07, 6.45) is 5.31. The van der Waals surface area contributed by atoms with Gasteiger partial charge in [-0.25, -0.2) is 14.4 Å². The van der Waals surface area contributed by atoms with Gasteiger partial charge in [0.1, 0.15) is 5.82 Å². The van der Waals surface area contributed by atoms with Gasteiger partial charge in [0, 0.05) is 38.6 Å². The second kappa shape index (κ2) is 8.55. The molecule has 6 nitrogen and oxygen atoms in total. The van der Waals surface area contributed by atoms with Crippen molar-refractivity contribution in [3.8, 4) is 0 Å². The van der Waals surface area contributed by atoms with E-state index in [-0.39, 0.29) is 18.1 Å². The molecule has 2 heterocycles. The van der Waals surface area contributed by atoms with Gasteiger partial charge in [-0.3, -0.25) is 9.69 Å². The van der Waals surface area contributed by atoms with E-state index in [1.165, 1.54) is 6.07 Å².